The zero-order valence-electron chi connectivity index (χ0n) is 14.5. The number of nitrogens with zero attached hydrogens (tertiary/aromatic N) is 1. The number of ether oxygens (including phenoxy) is 1. The second kappa shape index (κ2) is 8.81. The van der Waals surface area contributed by atoms with Gasteiger partial charge in [-0.3, -0.25) is 9.35 Å². The van der Waals surface area contributed by atoms with Gasteiger partial charge in [0.25, 0.3) is 16.0 Å². The molecule has 2 aromatic rings. The lowest BCUT2D eigenvalue weighted by Gasteiger charge is -2.08. The normalized spacial score (nSPS) is 11.2. The number of hydrogen-bond acceptors (Lipinski definition) is 7. The Morgan fingerprint density at radius 3 is 2.54 bits per heavy atom. The first kappa shape index (κ1) is 20.6. The minimum absolute atomic E-state index is 0.0660. The second-order valence-electron chi connectivity index (χ2n) is 5.31. The fraction of sp³-hybridized carbons (Fsp3) is 0.0556. The van der Waals surface area contributed by atoms with Gasteiger partial charge in [0.1, 0.15) is 11.6 Å². The highest BCUT2D eigenvalue weighted by atomic mass is 32.2. The molecule has 0 aliphatic heterocycles. The number of carbonyl (C=O) groups excluding carboxylic acids is 2. The van der Waals surface area contributed by atoms with Gasteiger partial charge in [-0.15, -0.1) is 0 Å². The molecule has 0 aliphatic carbocycles. The van der Waals surface area contributed by atoms with Gasteiger partial charge in [0.15, 0.2) is 0 Å². The first-order valence-electron chi connectivity index (χ1n) is 7.69. The molecule has 0 radical (unpaired) electrons. The van der Waals surface area contributed by atoms with Crippen LogP contribution >= 0.6 is 0 Å². The number of amides is 1. The third-order valence-electron chi connectivity index (χ3n) is 3.46. The lowest BCUT2D eigenvalue weighted by molar-refractivity contribution is -0.112. The van der Waals surface area contributed by atoms with Crippen molar-refractivity contribution in [1.82, 2.24) is 0 Å². The van der Waals surface area contributed by atoms with Crippen molar-refractivity contribution >= 4 is 33.4 Å². The molecule has 2 rings (SSSR count). The summed E-state index contributed by atoms with van der Waals surface area (Å²) in [6.45, 7) is 0. The van der Waals surface area contributed by atoms with Gasteiger partial charge in [-0.1, -0.05) is 18.2 Å². The van der Waals surface area contributed by atoms with Crippen molar-refractivity contribution in [3.8, 4) is 6.07 Å². The van der Waals surface area contributed by atoms with Crippen LogP contribution in [-0.2, 0) is 19.6 Å². The van der Waals surface area contributed by atoms with Crippen LogP contribution in [0.4, 0.5) is 11.4 Å². The predicted octanol–water partition coefficient (Wildman–Crippen LogP) is 2.18. The maximum atomic E-state index is 12.3. The lowest BCUT2D eigenvalue weighted by atomic mass is 10.2. The number of para-hydroxylation sites is 1. The van der Waals surface area contributed by atoms with Gasteiger partial charge in [0.2, 0.25) is 0 Å². The Balaban J connectivity index is 2.21. The molecule has 0 fully saturated rings. The molecule has 3 N–H and O–H groups in total. The molecule has 9 nitrogen and oxygen atoms in total. The number of carbonyl (C=O) groups is 2. The summed E-state index contributed by atoms with van der Waals surface area (Å²) < 4.78 is 36.0. The topological polar surface area (TPSA) is 146 Å². The van der Waals surface area contributed by atoms with E-state index < -0.39 is 26.9 Å². The van der Waals surface area contributed by atoms with Crippen molar-refractivity contribution in [2.24, 2.45) is 0 Å². The molecule has 0 aromatic heterocycles. The van der Waals surface area contributed by atoms with Gasteiger partial charge in [-0.2, -0.15) is 13.7 Å². The molecule has 10 heteroatoms. The number of esters is 1. The summed E-state index contributed by atoms with van der Waals surface area (Å²) in [4.78, 5) is 23.6. The number of methoxy groups -OCH3 is 1. The van der Waals surface area contributed by atoms with E-state index in [-0.39, 0.29) is 16.8 Å². The first-order chi connectivity index (χ1) is 13.3. The summed E-state index contributed by atoms with van der Waals surface area (Å²) in [7, 11) is -3.21. The van der Waals surface area contributed by atoms with Gasteiger partial charge >= 0.3 is 5.97 Å². The van der Waals surface area contributed by atoms with Crippen LogP contribution in [0.3, 0.4) is 0 Å². The zero-order chi connectivity index (χ0) is 20.7. The molecule has 0 heterocycles. The van der Waals surface area contributed by atoms with Gasteiger partial charge < -0.3 is 15.4 Å². The van der Waals surface area contributed by atoms with Crippen LogP contribution in [0.15, 0.2) is 65.2 Å². The molecule has 1 amide bonds. The fourth-order valence-electron chi connectivity index (χ4n) is 2.13. The van der Waals surface area contributed by atoms with Gasteiger partial charge in [0.05, 0.1) is 23.3 Å². The van der Waals surface area contributed by atoms with Crippen LogP contribution in [0.1, 0.15) is 10.4 Å². The maximum absolute atomic E-state index is 12.3. The van der Waals surface area contributed by atoms with Crippen LogP contribution in [-0.4, -0.2) is 32.0 Å². The average molecular weight is 401 g/mol. The SMILES string of the molecule is COC(=O)c1ccccc1N/C=C(/C#N)C(=O)Nc1cccc(S(=O)(=O)O)c1. The minimum atomic E-state index is -4.44. The quantitative estimate of drug-likeness (QED) is 0.289. The van der Waals surface area contributed by atoms with Gasteiger partial charge in [0, 0.05) is 11.9 Å². The third kappa shape index (κ3) is 5.16. The number of rotatable bonds is 6. The summed E-state index contributed by atoms with van der Waals surface area (Å²) in [5, 5.41) is 14.3. The molecular weight excluding hydrogens is 386 g/mol. The Labute approximate surface area is 161 Å². The van der Waals surface area contributed by atoms with Crippen molar-refractivity contribution in [2.75, 3.05) is 17.7 Å². The number of benzene rings is 2. The molecule has 0 aliphatic rings. The van der Waals surface area contributed by atoms with E-state index in [4.69, 9.17) is 4.55 Å². The molecule has 0 bridgehead atoms. The predicted molar refractivity (Wildman–Crippen MR) is 100.0 cm³/mol. The number of nitriles is 1. The van der Waals surface area contributed by atoms with Crippen molar-refractivity contribution < 1.29 is 27.3 Å². The molecule has 0 unspecified atom stereocenters. The molecule has 0 saturated carbocycles. The molecule has 0 spiro atoms. The van der Waals surface area contributed by atoms with E-state index in [1.807, 2.05) is 0 Å². The average Bonchev–Trinajstić information content (AvgIpc) is 2.67. The van der Waals surface area contributed by atoms with E-state index in [0.29, 0.717) is 5.69 Å². The fourth-order valence-corrected chi connectivity index (χ4v) is 2.65. The Hall–Kier alpha value is -3.68. The highest BCUT2D eigenvalue weighted by molar-refractivity contribution is 7.85. The Kier molecular flexibility index (Phi) is 6.49. The Bertz CT molecular complexity index is 1090. The lowest BCUT2D eigenvalue weighted by Crippen LogP contribution is -2.15. The summed E-state index contributed by atoms with van der Waals surface area (Å²) >= 11 is 0. The van der Waals surface area contributed by atoms with Crippen LogP contribution < -0.4 is 10.6 Å². The summed E-state index contributed by atoms with van der Waals surface area (Å²) in [6.07, 6.45) is 1.10. The highest BCUT2D eigenvalue weighted by Gasteiger charge is 2.14. The van der Waals surface area contributed by atoms with E-state index in [9.17, 15) is 23.3 Å². The molecule has 0 saturated heterocycles. The highest BCUT2D eigenvalue weighted by Crippen LogP contribution is 2.18. The summed E-state index contributed by atoms with van der Waals surface area (Å²) in [5.41, 5.74) is 0.260. The minimum Gasteiger partial charge on any atom is -0.465 e. The first-order valence-corrected chi connectivity index (χ1v) is 9.13. The zero-order valence-corrected chi connectivity index (χ0v) is 15.4. The number of anilines is 2. The van der Waals surface area contributed by atoms with E-state index in [0.717, 1.165) is 18.3 Å². The van der Waals surface area contributed by atoms with Crippen LogP contribution in [0, 0.1) is 11.3 Å². The van der Waals surface area contributed by atoms with Crippen molar-refractivity contribution in [1.29, 1.82) is 5.26 Å². The molecular formula is C18H15N3O6S. The van der Waals surface area contributed by atoms with Gasteiger partial charge in [-0.05, 0) is 30.3 Å². The summed E-state index contributed by atoms with van der Waals surface area (Å²) in [6, 6.07) is 13.0. The van der Waals surface area contributed by atoms with E-state index in [2.05, 4.69) is 15.4 Å². The molecule has 0 atom stereocenters. The Morgan fingerprint density at radius 2 is 1.89 bits per heavy atom. The van der Waals surface area contributed by atoms with Crippen molar-refractivity contribution in [2.45, 2.75) is 4.90 Å². The monoisotopic (exact) mass is 401 g/mol. The standard InChI is InChI=1S/C18H15N3O6S/c1-27-18(23)15-7-2-3-8-16(15)20-11-12(10-19)17(22)21-13-5-4-6-14(9-13)28(24,25)26/h2-9,11,20H,1H3,(H,21,22)(H,24,25,26)/b12-11-. The number of nitrogens with one attached hydrogen (secondary N) is 2. The maximum Gasteiger partial charge on any atom is 0.339 e. The molecule has 28 heavy (non-hydrogen) atoms. The molecule has 144 valence electrons. The summed E-state index contributed by atoms with van der Waals surface area (Å²) in [5.74, 6) is -1.42. The van der Waals surface area contributed by atoms with E-state index >= 15 is 0 Å². The van der Waals surface area contributed by atoms with Gasteiger partial charge in [-0.25, -0.2) is 4.79 Å². The third-order valence-corrected chi connectivity index (χ3v) is 4.31. The van der Waals surface area contributed by atoms with Crippen molar-refractivity contribution in [3.63, 3.8) is 0 Å². The smallest absolute Gasteiger partial charge is 0.339 e. The largest absolute Gasteiger partial charge is 0.465 e. The van der Waals surface area contributed by atoms with Crippen LogP contribution in [0.2, 0.25) is 0 Å². The van der Waals surface area contributed by atoms with Crippen molar-refractivity contribution in [3.05, 3.63) is 65.9 Å². The van der Waals surface area contributed by atoms with Crippen LogP contribution in [0.5, 0.6) is 0 Å². The Morgan fingerprint density at radius 1 is 1.18 bits per heavy atom. The number of hydrogen-bond donors (Lipinski definition) is 3. The van der Waals surface area contributed by atoms with Crippen LogP contribution in [0.25, 0.3) is 0 Å². The van der Waals surface area contributed by atoms with E-state index in [1.165, 1.54) is 25.3 Å². The molecule has 2 aromatic carbocycles. The van der Waals surface area contributed by atoms with E-state index in [1.54, 1.807) is 24.3 Å². The second-order valence-corrected chi connectivity index (χ2v) is 6.73.